The van der Waals surface area contributed by atoms with E-state index in [0.29, 0.717) is 11.2 Å². The topological polar surface area (TPSA) is 73.5 Å². The van der Waals surface area contributed by atoms with Gasteiger partial charge in [-0.25, -0.2) is 13.1 Å². The zero-order valence-electron chi connectivity index (χ0n) is 19.0. The second-order valence-electron chi connectivity index (χ2n) is 8.71. The van der Waals surface area contributed by atoms with Gasteiger partial charge in [0, 0.05) is 12.1 Å². The Bertz CT molecular complexity index is 968. The Labute approximate surface area is 197 Å². The molecule has 3 rings (SSSR count). The molecule has 1 saturated carbocycles. The van der Waals surface area contributed by atoms with Gasteiger partial charge in [-0.2, -0.15) is 0 Å². The van der Waals surface area contributed by atoms with Gasteiger partial charge >= 0.3 is 0 Å². The first kappa shape index (κ1) is 24.6. The molecular weight excluding hydrogens is 440 g/mol. The summed E-state index contributed by atoms with van der Waals surface area (Å²) in [6.07, 6.45) is 5.78. The molecule has 6 nitrogen and oxygen atoms in total. The van der Waals surface area contributed by atoms with E-state index in [0.717, 1.165) is 24.0 Å². The molecule has 0 amide bonds. The molecule has 0 aliphatic heterocycles. The van der Waals surface area contributed by atoms with Crippen molar-refractivity contribution >= 4 is 27.4 Å². The highest BCUT2D eigenvalue weighted by atomic mass is 32.2. The van der Waals surface area contributed by atoms with Crippen LogP contribution >= 0.6 is 12.2 Å². The SMILES string of the molecule is CN(C)[C@@H]1CCCC[C@H]1NC(=S)N[C@H](c1ccccc1)[C@H](NS(C)(=O)=O)c1ccccc1. The van der Waals surface area contributed by atoms with Gasteiger partial charge in [-0.05, 0) is 50.3 Å². The Morgan fingerprint density at radius 1 is 0.938 bits per heavy atom. The van der Waals surface area contributed by atoms with Crippen molar-refractivity contribution in [3.63, 3.8) is 0 Å². The van der Waals surface area contributed by atoms with Crippen molar-refractivity contribution in [3.8, 4) is 0 Å². The van der Waals surface area contributed by atoms with E-state index in [9.17, 15) is 8.42 Å². The number of rotatable bonds is 8. The molecule has 0 heterocycles. The number of sulfonamides is 1. The average molecular weight is 475 g/mol. The predicted octanol–water partition coefficient (Wildman–Crippen LogP) is 3.36. The van der Waals surface area contributed by atoms with E-state index in [4.69, 9.17) is 12.2 Å². The fraction of sp³-hybridized carbons (Fsp3) is 0.458. The molecule has 1 fully saturated rings. The fourth-order valence-corrected chi connectivity index (χ4v) is 5.50. The highest BCUT2D eigenvalue weighted by Crippen LogP contribution is 2.30. The Morgan fingerprint density at radius 3 is 2.00 bits per heavy atom. The van der Waals surface area contributed by atoms with Crippen molar-refractivity contribution in [2.24, 2.45) is 0 Å². The van der Waals surface area contributed by atoms with Gasteiger partial charge < -0.3 is 15.5 Å². The van der Waals surface area contributed by atoms with Crippen molar-refractivity contribution in [3.05, 3.63) is 71.8 Å². The summed E-state index contributed by atoms with van der Waals surface area (Å²) >= 11 is 5.74. The average Bonchev–Trinajstić information content (AvgIpc) is 2.77. The van der Waals surface area contributed by atoms with Crippen LogP contribution in [0.5, 0.6) is 0 Å². The normalized spacial score (nSPS) is 21.0. The largest absolute Gasteiger partial charge is 0.358 e. The molecule has 0 saturated heterocycles. The second-order valence-corrected chi connectivity index (χ2v) is 10.9. The lowest BCUT2D eigenvalue weighted by Gasteiger charge is -2.38. The zero-order valence-corrected chi connectivity index (χ0v) is 20.6. The van der Waals surface area contributed by atoms with Gasteiger partial charge in [0.1, 0.15) is 0 Å². The van der Waals surface area contributed by atoms with Crippen LogP contribution in [0.3, 0.4) is 0 Å². The van der Waals surface area contributed by atoms with Crippen LogP contribution in [0.4, 0.5) is 0 Å². The third kappa shape index (κ3) is 7.00. The molecule has 32 heavy (non-hydrogen) atoms. The summed E-state index contributed by atoms with van der Waals surface area (Å²) in [6, 6.07) is 19.2. The van der Waals surface area contributed by atoms with E-state index >= 15 is 0 Å². The summed E-state index contributed by atoms with van der Waals surface area (Å²) < 4.78 is 27.4. The van der Waals surface area contributed by atoms with Crippen LogP contribution in [0.1, 0.15) is 48.9 Å². The highest BCUT2D eigenvalue weighted by molar-refractivity contribution is 7.88. The summed E-state index contributed by atoms with van der Waals surface area (Å²) in [7, 11) is 0.745. The summed E-state index contributed by atoms with van der Waals surface area (Å²) in [5.74, 6) is 0. The Morgan fingerprint density at radius 2 is 1.47 bits per heavy atom. The first-order chi connectivity index (χ1) is 15.2. The molecular formula is C24H34N4O2S2. The van der Waals surface area contributed by atoms with Crippen molar-refractivity contribution in [1.82, 2.24) is 20.3 Å². The minimum absolute atomic E-state index is 0.258. The third-order valence-corrected chi connectivity index (χ3v) is 6.91. The van der Waals surface area contributed by atoms with Crippen LogP contribution in [0, 0.1) is 0 Å². The molecule has 2 aromatic carbocycles. The number of likely N-dealkylation sites (N-methyl/N-ethyl adjacent to an activating group) is 1. The molecule has 174 valence electrons. The van der Waals surface area contributed by atoms with Crippen LogP contribution in [-0.4, -0.2) is 50.9 Å². The van der Waals surface area contributed by atoms with Gasteiger partial charge in [0.2, 0.25) is 10.0 Å². The lowest BCUT2D eigenvalue weighted by Crippen LogP contribution is -2.54. The fourth-order valence-electron chi connectivity index (χ4n) is 4.49. The second kappa shape index (κ2) is 11.2. The first-order valence-corrected chi connectivity index (χ1v) is 13.4. The Kier molecular flexibility index (Phi) is 8.64. The van der Waals surface area contributed by atoms with Gasteiger partial charge in [-0.3, -0.25) is 0 Å². The van der Waals surface area contributed by atoms with Crippen LogP contribution in [-0.2, 0) is 10.0 Å². The molecule has 1 aliphatic carbocycles. The lowest BCUT2D eigenvalue weighted by molar-refractivity contribution is 0.189. The summed E-state index contributed by atoms with van der Waals surface area (Å²) in [5, 5.41) is 7.49. The number of thiocarbonyl (C=S) groups is 1. The van der Waals surface area contributed by atoms with Crippen molar-refractivity contribution in [2.45, 2.75) is 49.9 Å². The number of benzene rings is 2. The monoisotopic (exact) mass is 474 g/mol. The molecule has 0 unspecified atom stereocenters. The third-order valence-electron chi connectivity index (χ3n) is 5.99. The van der Waals surface area contributed by atoms with E-state index in [-0.39, 0.29) is 12.1 Å². The highest BCUT2D eigenvalue weighted by Gasteiger charge is 2.31. The van der Waals surface area contributed by atoms with Gasteiger partial charge in [0.05, 0.1) is 18.3 Å². The van der Waals surface area contributed by atoms with Crippen LogP contribution in [0.2, 0.25) is 0 Å². The minimum Gasteiger partial charge on any atom is -0.358 e. The quantitative estimate of drug-likeness (QED) is 0.510. The molecule has 0 bridgehead atoms. The zero-order chi connectivity index (χ0) is 23.1. The summed E-state index contributed by atoms with van der Waals surface area (Å²) in [4.78, 5) is 2.26. The smallest absolute Gasteiger partial charge is 0.209 e. The van der Waals surface area contributed by atoms with Crippen molar-refractivity contribution in [2.75, 3.05) is 20.4 Å². The van der Waals surface area contributed by atoms with Crippen molar-refractivity contribution in [1.29, 1.82) is 0 Å². The van der Waals surface area contributed by atoms with Crippen LogP contribution in [0.15, 0.2) is 60.7 Å². The molecule has 0 aromatic heterocycles. The molecule has 1 aliphatic rings. The van der Waals surface area contributed by atoms with Crippen LogP contribution in [0.25, 0.3) is 0 Å². The summed E-state index contributed by atoms with van der Waals surface area (Å²) in [6.45, 7) is 0. The molecule has 2 aromatic rings. The van der Waals surface area contributed by atoms with E-state index in [2.05, 4.69) is 34.4 Å². The molecule has 3 N–H and O–H groups in total. The maximum Gasteiger partial charge on any atom is 0.209 e. The Balaban J connectivity index is 1.89. The number of nitrogens with zero attached hydrogens (tertiary/aromatic N) is 1. The maximum absolute atomic E-state index is 12.3. The van der Waals surface area contributed by atoms with Gasteiger partial charge in [0.25, 0.3) is 0 Å². The van der Waals surface area contributed by atoms with Gasteiger partial charge in [0.15, 0.2) is 5.11 Å². The van der Waals surface area contributed by atoms with Gasteiger partial charge in [-0.1, -0.05) is 73.5 Å². The number of hydrogen-bond donors (Lipinski definition) is 3. The van der Waals surface area contributed by atoms with E-state index in [1.165, 1.54) is 19.1 Å². The Hall–Kier alpha value is -2.00. The minimum atomic E-state index is -3.47. The van der Waals surface area contributed by atoms with Crippen molar-refractivity contribution < 1.29 is 8.42 Å². The summed E-state index contributed by atoms with van der Waals surface area (Å²) in [5.41, 5.74) is 1.82. The van der Waals surface area contributed by atoms with Gasteiger partial charge in [-0.15, -0.1) is 0 Å². The van der Waals surface area contributed by atoms with E-state index in [1.807, 2.05) is 60.7 Å². The molecule has 4 atom stereocenters. The lowest BCUT2D eigenvalue weighted by atomic mass is 9.89. The van der Waals surface area contributed by atoms with E-state index < -0.39 is 16.1 Å². The maximum atomic E-state index is 12.3. The molecule has 0 radical (unpaired) electrons. The standard InChI is InChI=1S/C24H34N4O2S2/c1-28(2)21-17-11-10-16-20(21)25-24(31)26-22(18-12-6-4-7-13-18)23(27-32(3,29)30)19-14-8-5-9-15-19/h4-9,12-15,20-23,27H,10-11,16-17H2,1-3H3,(H2,25,26,31)/t20-,21-,22-,23-/m1/s1. The molecule has 0 spiro atoms. The molecule has 8 heteroatoms. The predicted molar refractivity (Wildman–Crippen MR) is 135 cm³/mol. The van der Waals surface area contributed by atoms with E-state index in [1.54, 1.807) is 0 Å². The number of nitrogens with one attached hydrogen (secondary N) is 3. The number of hydrogen-bond acceptors (Lipinski definition) is 4. The van der Waals surface area contributed by atoms with Crippen LogP contribution < -0.4 is 15.4 Å². The first-order valence-electron chi connectivity index (χ1n) is 11.1.